The molecule has 1 aliphatic heterocycles. The fraction of sp³-hybridized carbons (Fsp3) is 0.462. The molecule has 7 heteroatoms. The summed E-state index contributed by atoms with van der Waals surface area (Å²) in [5.41, 5.74) is 2.54. The predicted octanol–water partition coefficient (Wildman–Crippen LogP) is 4.03. The van der Waals surface area contributed by atoms with E-state index in [9.17, 15) is 14.0 Å². The van der Waals surface area contributed by atoms with Crippen molar-refractivity contribution >= 4 is 11.9 Å². The van der Waals surface area contributed by atoms with E-state index < -0.39 is 0 Å². The Morgan fingerprint density at radius 1 is 1.18 bits per heavy atom. The van der Waals surface area contributed by atoms with Crippen molar-refractivity contribution in [2.24, 2.45) is 5.92 Å². The first-order valence-corrected chi connectivity index (χ1v) is 11.5. The quantitative estimate of drug-likeness (QED) is 0.662. The Bertz CT molecular complexity index is 979. The van der Waals surface area contributed by atoms with Crippen molar-refractivity contribution in [3.8, 4) is 5.75 Å². The summed E-state index contributed by atoms with van der Waals surface area (Å²) in [6.07, 6.45) is 1.26. The van der Waals surface area contributed by atoms with E-state index in [2.05, 4.69) is 10.6 Å². The van der Waals surface area contributed by atoms with Crippen molar-refractivity contribution in [2.75, 3.05) is 26.7 Å². The van der Waals surface area contributed by atoms with Crippen molar-refractivity contribution in [3.63, 3.8) is 0 Å². The molecule has 0 saturated carbocycles. The van der Waals surface area contributed by atoms with Gasteiger partial charge in [-0.05, 0) is 62.4 Å². The number of piperidine rings is 1. The highest BCUT2D eigenvalue weighted by Gasteiger charge is 2.34. The maximum absolute atomic E-state index is 13.8. The van der Waals surface area contributed by atoms with E-state index in [1.165, 1.54) is 6.07 Å². The first-order valence-electron chi connectivity index (χ1n) is 11.5. The van der Waals surface area contributed by atoms with Crippen LogP contribution in [0.3, 0.4) is 0 Å². The minimum absolute atomic E-state index is 0.000860. The van der Waals surface area contributed by atoms with E-state index in [4.69, 9.17) is 4.74 Å². The third-order valence-electron chi connectivity index (χ3n) is 6.06. The van der Waals surface area contributed by atoms with Crippen molar-refractivity contribution in [1.82, 2.24) is 15.5 Å². The fourth-order valence-electron chi connectivity index (χ4n) is 4.33. The SMILES string of the molecule is COc1ccccc1CCNC(=O)[C@@H]1C[C@@H](c2ccc(F)c(C)c2)CN(C(=O)NC(C)C)C1. The molecule has 6 nitrogen and oxygen atoms in total. The van der Waals surface area contributed by atoms with Gasteiger partial charge in [0, 0.05) is 31.6 Å². The first-order chi connectivity index (χ1) is 15.8. The van der Waals surface area contributed by atoms with E-state index in [0.29, 0.717) is 38.0 Å². The number of carbonyl (C=O) groups excluding carboxylic acids is 2. The molecular formula is C26H34FN3O3. The summed E-state index contributed by atoms with van der Waals surface area (Å²) in [6, 6.07) is 12.6. The number of amides is 3. The Morgan fingerprint density at radius 2 is 1.94 bits per heavy atom. The second-order valence-corrected chi connectivity index (χ2v) is 9.00. The van der Waals surface area contributed by atoms with Crippen LogP contribution in [0.4, 0.5) is 9.18 Å². The summed E-state index contributed by atoms with van der Waals surface area (Å²) < 4.78 is 19.2. The van der Waals surface area contributed by atoms with Crippen LogP contribution in [0.25, 0.3) is 0 Å². The number of nitrogens with zero attached hydrogens (tertiary/aromatic N) is 1. The zero-order valence-electron chi connectivity index (χ0n) is 19.9. The van der Waals surface area contributed by atoms with Gasteiger partial charge >= 0.3 is 6.03 Å². The van der Waals surface area contributed by atoms with Crippen LogP contribution in [0.5, 0.6) is 5.75 Å². The van der Waals surface area contributed by atoms with Gasteiger partial charge in [-0.25, -0.2) is 9.18 Å². The molecule has 0 spiro atoms. The molecule has 2 aromatic carbocycles. The van der Waals surface area contributed by atoms with E-state index in [0.717, 1.165) is 16.9 Å². The molecule has 3 rings (SSSR count). The Hall–Kier alpha value is -3.09. The third-order valence-corrected chi connectivity index (χ3v) is 6.06. The number of rotatable bonds is 7. The van der Waals surface area contributed by atoms with Crippen molar-refractivity contribution in [2.45, 2.75) is 45.6 Å². The number of hydrogen-bond acceptors (Lipinski definition) is 3. The lowest BCUT2D eigenvalue weighted by Gasteiger charge is -2.38. The third kappa shape index (κ3) is 6.46. The zero-order valence-corrected chi connectivity index (χ0v) is 19.9. The molecule has 2 N–H and O–H groups in total. The van der Waals surface area contributed by atoms with Crippen LogP contribution < -0.4 is 15.4 Å². The van der Waals surface area contributed by atoms with Crippen LogP contribution >= 0.6 is 0 Å². The molecule has 0 bridgehead atoms. The van der Waals surface area contributed by atoms with Gasteiger partial charge in [0.25, 0.3) is 0 Å². The highest BCUT2D eigenvalue weighted by Crippen LogP contribution is 2.31. The molecule has 1 heterocycles. The topological polar surface area (TPSA) is 70.7 Å². The van der Waals surface area contributed by atoms with E-state index in [1.807, 2.05) is 44.2 Å². The van der Waals surface area contributed by atoms with Crippen LogP contribution in [0.1, 0.15) is 42.9 Å². The minimum atomic E-state index is -0.343. The van der Waals surface area contributed by atoms with Crippen molar-refractivity contribution in [3.05, 3.63) is 65.0 Å². The number of likely N-dealkylation sites (tertiary alicyclic amines) is 1. The Kier molecular flexibility index (Phi) is 8.31. The number of benzene rings is 2. The number of hydrogen-bond donors (Lipinski definition) is 2. The average Bonchev–Trinajstić information content (AvgIpc) is 2.80. The second kappa shape index (κ2) is 11.2. The molecular weight excluding hydrogens is 421 g/mol. The molecule has 1 fully saturated rings. The van der Waals surface area contributed by atoms with Gasteiger partial charge in [-0.15, -0.1) is 0 Å². The average molecular weight is 456 g/mol. The number of carbonyl (C=O) groups is 2. The largest absolute Gasteiger partial charge is 0.496 e. The highest BCUT2D eigenvalue weighted by atomic mass is 19.1. The van der Waals surface area contributed by atoms with Crippen LogP contribution in [0, 0.1) is 18.7 Å². The molecule has 33 heavy (non-hydrogen) atoms. The van der Waals surface area contributed by atoms with Gasteiger partial charge < -0.3 is 20.3 Å². The van der Waals surface area contributed by atoms with Crippen LogP contribution in [0.2, 0.25) is 0 Å². The second-order valence-electron chi connectivity index (χ2n) is 9.00. The van der Waals surface area contributed by atoms with Gasteiger partial charge in [0.2, 0.25) is 5.91 Å². The smallest absolute Gasteiger partial charge is 0.317 e. The summed E-state index contributed by atoms with van der Waals surface area (Å²) in [4.78, 5) is 27.5. The lowest BCUT2D eigenvalue weighted by Crippen LogP contribution is -2.52. The van der Waals surface area contributed by atoms with Gasteiger partial charge in [0.05, 0.1) is 13.0 Å². The Labute approximate surface area is 195 Å². The van der Waals surface area contributed by atoms with Crippen LogP contribution in [-0.2, 0) is 11.2 Å². The maximum Gasteiger partial charge on any atom is 0.317 e. The highest BCUT2D eigenvalue weighted by molar-refractivity contribution is 5.81. The minimum Gasteiger partial charge on any atom is -0.496 e. The Morgan fingerprint density at radius 3 is 2.64 bits per heavy atom. The van der Waals surface area contributed by atoms with Crippen LogP contribution in [0.15, 0.2) is 42.5 Å². The van der Waals surface area contributed by atoms with E-state index in [-0.39, 0.29) is 35.6 Å². The number of urea groups is 1. The van der Waals surface area contributed by atoms with Crippen LogP contribution in [-0.4, -0.2) is 49.6 Å². The molecule has 2 aromatic rings. The van der Waals surface area contributed by atoms with Gasteiger partial charge in [0.1, 0.15) is 11.6 Å². The number of nitrogens with one attached hydrogen (secondary N) is 2. The summed E-state index contributed by atoms with van der Waals surface area (Å²) in [5.74, 6) is 0.0867. The van der Waals surface area contributed by atoms with Gasteiger partial charge in [-0.2, -0.15) is 0 Å². The molecule has 1 saturated heterocycles. The monoisotopic (exact) mass is 455 g/mol. The lowest BCUT2D eigenvalue weighted by atomic mass is 9.83. The van der Waals surface area contributed by atoms with Gasteiger partial charge in [-0.1, -0.05) is 30.3 Å². The number of methoxy groups -OCH3 is 1. The Balaban J connectivity index is 1.70. The molecule has 178 valence electrons. The van der Waals surface area contributed by atoms with E-state index in [1.54, 1.807) is 25.0 Å². The van der Waals surface area contributed by atoms with Gasteiger partial charge in [-0.3, -0.25) is 4.79 Å². The molecule has 0 unspecified atom stereocenters. The molecule has 1 aliphatic rings. The zero-order chi connectivity index (χ0) is 24.0. The summed E-state index contributed by atoms with van der Waals surface area (Å²) >= 11 is 0. The molecule has 3 amide bonds. The summed E-state index contributed by atoms with van der Waals surface area (Å²) in [5, 5.41) is 5.96. The standard InChI is InChI=1S/C26H34FN3O3/c1-17(2)29-26(32)30-15-21(20-9-10-23(27)18(3)13-20)14-22(16-30)25(31)28-12-11-19-7-5-6-8-24(19)33-4/h5-10,13,17,21-22H,11-12,14-16H2,1-4H3,(H,28,31)(H,29,32)/t21-,22-/m1/s1. The molecule has 2 atom stereocenters. The fourth-order valence-corrected chi connectivity index (χ4v) is 4.33. The normalized spacial score (nSPS) is 18.2. The molecule has 0 aliphatic carbocycles. The van der Waals surface area contributed by atoms with Crippen molar-refractivity contribution < 1.29 is 18.7 Å². The summed E-state index contributed by atoms with van der Waals surface area (Å²) in [7, 11) is 1.63. The lowest BCUT2D eigenvalue weighted by molar-refractivity contribution is -0.126. The molecule has 0 radical (unpaired) electrons. The molecule has 0 aromatic heterocycles. The predicted molar refractivity (Wildman–Crippen MR) is 127 cm³/mol. The number of ether oxygens (including phenoxy) is 1. The maximum atomic E-state index is 13.8. The summed E-state index contributed by atoms with van der Waals surface area (Å²) in [6.45, 7) is 6.88. The van der Waals surface area contributed by atoms with Crippen molar-refractivity contribution in [1.29, 1.82) is 0 Å². The van der Waals surface area contributed by atoms with E-state index >= 15 is 0 Å². The number of halogens is 1. The first kappa shape index (κ1) is 24.6. The van der Waals surface area contributed by atoms with Gasteiger partial charge in [0.15, 0.2) is 0 Å². The number of aryl methyl sites for hydroxylation is 1. The number of para-hydroxylation sites is 1.